The number of guanidine groups is 1. The van der Waals surface area contributed by atoms with Crippen LogP contribution < -0.4 is 10.1 Å². The molecule has 7 heteroatoms. The van der Waals surface area contributed by atoms with Crippen LogP contribution in [0.3, 0.4) is 0 Å². The Hall–Kier alpha value is -1.89. The summed E-state index contributed by atoms with van der Waals surface area (Å²) in [6.45, 7) is -1.29. The van der Waals surface area contributed by atoms with Crippen molar-refractivity contribution in [2.75, 3.05) is 20.7 Å². The number of nitrogens with one attached hydrogen (secondary N) is 1. The fourth-order valence-electron chi connectivity index (χ4n) is 5.07. The summed E-state index contributed by atoms with van der Waals surface area (Å²) in [5, 5.41) is 3.70. The number of nitrogens with zero attached hydrogens (tertiary/aromatic N) is 2. The minimum Gasteiger partial charge on any atom is -0.435 e. The van der Waals surface area contributed by atoms with Crippen molar-refractivity contribution in [3.63, 3.8) is 0 Å². The summed E-state index contributed by atoms with van der Waals surface area (Å²) in [5.41, 5.74) is 1.31. The Morgan fingerprint density at radius 3 is 2.70 bits per heavy atom. The standard InChI is InChI=1S/C20H27F2N3O2/c1-23-19(24-16-15-8-11-26-17(15)20(16)9-3-10-20)25(2)12-13-4-6-14(7-5-13)27-18(21)22/h4-7,15-18H,3,8-12H2,1-2H3,(H,23,24). The zero-order chi connectivity index (χ0) is 19.0. The van der Waals surface area contributed by atoms with E-state index in [1.807, 2.05) is 7.05 Å². The molecule has 4 rings (SSSR count). The van der Waals surface area contributed by atoms with E-state index >= 15 is 0 Å². The number of ether oxygens (including phenoxy) is 2. The van der Waals surface area contributed by atoms with Gasteiger partial charge in [-0.3, -0.25) is 4.99 Å². The predicted octanol–water partition coefficient (Wildman–Crippen LogP) is 3.25. The van der Waals surface area contributed by atoms with Crippen LogP contribution in [0.1, 0.15) is 31.2 Å². The Kier molecular flexibility index (Phi) is 4.97. The number of aliphatic imine (C=N–C) groups is 1. The Bertz CT molecular complexity index is 691. The minimum absolute atomic E-state index is 0.174. The van der Waals surface area contributed by atoms with Gasteiger partial charge in [0, 0.05) is 44.6 Å². The van der Waals surface area contributed by atoms with Crippen LogP contribution >= 0.6 is 0 Å². The summed E-state index contributed by atoms with van der Waals surface area (Å²) < 4.78 is 34.9. The normalized spacial score (nSPS) is 28.5. The maximum absolute atomic E-state index is 12.3. The molecule has 148 valence electrons. The van der Waals surface area contributed by atoms with Gasteiger partial charge in [-0.25, -0.2) is 0 Å². The smallest absolute Gasteiger partial charge is 0.387 e. The average molecular weight is 379 g/mol. The highest BCUT2D eigenvalue weighted by Gasteiger charge is 2.66. The van der Waals surface area contributed by atoms with Crippen LogP contribution in [0.5, 0.6) is 5.75 Å². The Morgan fingerprint density at radius 2 is 2.11 bits per heavy atom. The number of hydrogen-bond donors (Lipinski definition) is 1. The van der Waals surface area contributed by atoms with Crippen LogP contribution in [0, 0.1) is 11.3 Å². The molecule has 2 saturated carbocycles. The lowest BCUT2D eigenvalue weighted by atomic mass is 9.46. The predicted molar refractivity (Wildman–Crippen MR) is 99.0 cm³/mol. The molecule has 0 aromatic heterocycles. The second-order valence-corrected chi connectivity index (χ2v) is 7.88. The SMILES string of the molecule is CN=C(NC1C2CCOC2C12CCC2)N(C)Cc1ccc(OC(F)F)cc1. The first-order chi connectivity index (χ1) is 13.0. The summed E-state index contributed by atoms with van der Waals surface area (Å²) in [7, 11) is 3.79. The molecule has 0 amide bonds. The first-order valence-corrected chi connectivity index (χ1v) is 9.63. The second-order valence-electron chi connectivity index (χ2n) is 7.88. The highest BCUT2D eigenvalue weighted by molar-refractivity contribution is 5.80. The van der Waals surface area contributed by atoms with E-state index < -0.39 is 6.61 Å². The van der Waals surface area contributed by atoms with Crippen molar-refractivity contribution in [3.05, 3.63) is 29.8 Å². The lowest BCUT2D eigenvalue weighted by Gasteiger charge is -2.63. The summed E-state index contributed by atoms with van der Waals surface area (Å²) in [6.07, 6.45) is 5.30. The maximum Gasteiger partial charge on any atom is 0.387 e. The first-order valence-electron chi connectivity index (χ1n) is 9.63. The molecule has 27 heavy (non-hydrogen) atoms. The van der Waals surface area contributed by atoms with Crippen molar-refractivity contribution in [2.24, 2.45) is 16.3 Å². The van der Waals surface area contributed by atoms with Gasteiger partial charge in [0.15, 0.2) is 5.96 Å². The Balaban J connectivity index is 1.38. The number of alkyl halides is 2. The zero-order valence-corrected chi connectivity index (χ0v) is 15.8. The molecule has 1 aromatic carbocycles. The molecule has 0 radical (unpaired) electrons. The third-order valence-electron chi connectivity index (χ3n) is 6.46. The molecule has 3 aliphatic rings. The number of benzene rings is 1. The highest BCUT2D eigenvalue weighted by Crippen LogP contribution is 2.62. The molecule has 1 aromatic rings. The number of fused-ring (bicyclic) bond motifs is 2. The lowest BCUT2D eigenvalue weighted by Crippen LogP contribution is -2.72. The molecule has 1 saturated heterocycles. The molecular weight excluding hydrogens is 352 g/mol. The minimum atomic E-state index is -2.80. The van der Waals surface area contributed by atoms with Crippen molar-refractivity contribution in [1.82, 2.24) is 10.2 Å². The largest absolute Gasteiger partial charge is 0.435 e. The summed E-state index contributed by atoms with van der Waals surface area (Å²) in [5.74, 6) is 1.62. The quantitative estimate of drug-likeness (QED) is 0.630. The van der Waals surface area contributed by atoms with Crippen LogP contribution in [-0.2, 0) is 11.3 Å². The fourth-order valence-corrected chi connectivity index (χ4v) is 5.07. The molecule has 1 heterocycles. The van der Waals surface area contributed by atoms with Crippen molar-refractivity contribution in [1.29, 1.82) is 0 Å². The van der Waals surface area contributed by atoms with Crippen molar-refractivity contribution in [3.8, 4) is 5.75 Å². The van der Waals surface area contributed by atoms with Crippen LogP contribution in [0.15, 0.2) is 29.3 Å². The monoisotopic (exact) mass is 379 g/mol. The topological polar surface area (TPSA) is 46.1 Å². The third kappa shape index (κ3) is 3.26. The third-order valence-corrected chi connectivity index (χ3v) is 6.46. The summed E-state index contributed by atoms with van der Waals surface area (Å²) >= 11 is 0. The van der Waals surface area contributed by atoms with Gasteiger partial charge >= 0.3 is 6.61 Å². The van der Waals surface area contributed by atoms with E-state index in [-0.39, 0.29) is 5.75 Å². The first kappa shape index (κ1) is 18.5. The molecule has 5 nitrogen and oxygen atoms in total. The molecule has 0 bridgehead atoms. The van der Waals surface area contributed by atoms with E-state index in [2.05, 4.69) is 19.9 Å². The molecule has 1 spiro atoms. The molecule has 1 N–H and O–H groups in total. The molecule has 1 aliphatic heterocycles. The zero-order valence-electron chi connectivity index (χ0n) is 15.8. The van der Waals surface area contributed by atoms with E-state index in [0.717, 1.165) is 24.6 Å². The van der Waals surface area contributed by atoms with Gasteiger partial charge in [-0.05, 0) is 37.0 Å². The fraction of sp³-hybridized carbons (Fsp3) is 0.650. The van der Waals surface area contributed by atoms with Gasteiger partial charge in [-0.1, -0.05) is 18.6 Å². The van der Waals surface area contributed by atoms with Gasteiger partial charge in [0.2, 0.25) is 0 Å². The van der Waals surface area contributed by atoms with Gasteiger partial charge in [-0.15, -0.1) is 0 Å². The van der Waals surface area contributed by atoms with Gasteiger partial charge in [0.05, 0.1) is 6.10 Å². The van der Waals surface area contributed by atoms with E-state index in [1.165, 1.54) is 19.3 Å². The van der Waals surface area contributed by atoms with E-state index in [0.29, 0.717) is 30.0 Å². The molecule has 2 aliphatic carbocycles. The van der Waals surface area contributed by atoms with Crippen molar-refractivity contribution < 1.29 is 18.3 Å². The maximum atomic E-state index is 12.3. The second kappa shape index (κ2) is 7.26. The van der Waals surface area contributed by atoms with Gasteiger partial charge < -0.3 is 19.7 Å². The molecule has 3 fully saturated rings. The highest BCUT2D eigenvalue weighted by atomic mass is 19.3. The Labute approximate surface area is 158 Å². The number of hydrogen-bond acceptors (Lipinski definition) is 3. The lowest BCUT2D eigenvalue weighted by molar-refractivity contribution is -0.171. The van der Waals surface area contributed by atoms with Crippen LogP contribution in [0.4, 0.5) is 8.78 Å². The summed E-state index contributed by atoms with van der Waals surface area (Å²) in [6, 6.07) is 7.18. The van der Waals surface area contributed by atoms with Crippen LogP contribution in [0.25, 0.3) is 0 Å². The van der Waals surface area contributed by atoms with E-state index in [9.17, 15) is 8.78 Å². The van der Waals surface area contributed by atoms with Crippen molar-refractivity contribution in [2.45, 2.75) is 51.0 Å². The van der Waals surface area contributed by atoms with E-state index in [4.69, 9.17) is 4.74 Å². The van der Waals surface area contributed by atoms with Crippen molar-refractivity contribution >= 4 is 5.96 Å². The molecule has 3 unspecified atom stereocenters. The average Bonchev–Trinajstić information content (AvgIpc) is 3.00. The summed E-state index contributed by atoms with van der Waals surface area (Å²) in [4.78, 5) is 6.54. The van der Waals surface area contributed by atoms with Gasteiger partial charge in [0.1, 0.15) is 5.75 Å². The van der Waals surface area contributed by atoms with Gasteiger partial charge in [0.25, 0.3) is 0 Å². The van der Waals surface area contributed by atoms with Crippen LogP contribution in [-0.4, -0.2) is 50.3 Å². The van der Waals surface area contributed by atoms with Crippen LogP contribution in [0.2, 0.25) is 0 Å². The van der Waals surface area contributed by atoms with Gasteiger partial charge in [-0.2, -0.15) is 8.78 Å². The number of halogens is 2. The molecule has 3 atom stereocenters. The molecular formula is C20H27F2N3O2. The number of rotatable bonds is 5. The Morgan fingerprint density at radius 1 is 1.37 bits per heavy atom. The van der Waals surface area contributed by atoms with E-state index in [1.54, 1.807) is 31.3 Å².